The number of nitrogens with zero attached hydrogens (tertiary/aromatic N) is 2. The Hall–Kier alpha value is -3.51. The third kappa shape index (κ3) is 3.82. The molecule has 0 bridgehead atoms. The fourth-order valence-electron chi connectivity index (χ4n) is 3.65. The molecular weight excluding hydrogens is 392 g/mol. The Morgan fingerprint density at radius 3 is 2.83 bits per heavy atom. The van der Waals surface area contributed by atoms with Crippen molar-refractivity contribution in [2.24, 2.45) is 4.99 Å². The number of carbonyl (C=O) groups is 1. The van der Waals surface area contributed by atoms with Crippen LogP contribution in [0.1, 0.15) is 16.8 Å². The molecule has 2 N–H and O–H groups in total. The van der Waals surface area contributed by atoms with Crippen LogP contribution in [0.3, 0.4) is 0 Å². The predicted molar refractivity (Wildman–Crippen MR) is 124 cm³/mol. The second-order valence-corrected chi connectivity index (χ2v) is 8.25. The van der Waals surface area contributed by atoms with Crippen molar-refractivity contribution in [2.45, 2.75) is 13.0 Å². The molecule has 2 aromatic heterocycles. The molecule has 0 spiro atoms. The van der Waals surface area contributed by atoms with Gasteiger partial charge in [0, 0.05) is 51.9 Å². The van der Waals surface area contributed by atoms with Gasteiger partial charge in [0.05, 0.1) is 6.54 Å². The van der Waals surface area contributed by atoms with Gasteiger partial charge in [-0.25, -0.2) is 4.79 Å². The molecule has 1 aliphatic rings. The maximum atomic E-state index is 12.4. The first-order valence-electron chi connectivity index (χ1n) is 9.87. The summed E-state index contributed by atoms with van der Waals surface area (Å²) < 4.78 is 1.26. The average molecular weight is 413 g/mol. The van der Waals surface area contributed by atoms with Crippen LogP contribution in [0.15, 0.2) is 71.9 Å². The number of pyridine rings is 1. The minimum absolute atomic E-state index is 0.219. The number of nitrogens with one attached hydrogen (secondary N) is 2. The van der Waals surface area contributed by atoms with E-state index >= 15 is 0 Å². The largest absolute Gasteiger partial charge is 0.337 e. The molecule has 30 heavy (non-hydrogen) atoms. The minimum atomic E-state index is -0.219. The number of fused-ring (bicyclic) bond motifs is 2. The highest BCUT2D eigenvalue weighted by Gasteiger charge is 2.17. The summed E-state index contributed by atoms with van der Waals surface area (Å²) in [6.45, 7) is 1.20. The van der Waals surface area contributed by atoms with E-state index in [9.17, 15) is 4.79 Å². The number of hydrogen-bond donors (Lipinski definition) is 2. The number of amides is 2. The monoisotopic (exact) mass is 412 g/mol. The smallest absolute Gasteiger partial charge is 0.319 e. The van der Waals surface area contributed by atoms with Gasteiger partial charge in [-0.3, -0.25) is 9.98 Å². The van der Waals surface area contributed by atoms with Crippen LogP contribution in [0.5, 0.6) is 0 Å². The second-order valence-electron chi connectivity index (χ2n) is 7.16. The minimum Gasteiger partial charge on any atom is -0.337 e. The molecule has 0 fully saturated rings. The van der Waals surface area contributed by atoms with Crippen molar-refractivity contribution in [2.75, 3.05) is 11.9 Å². The van der Waals surface area contributed by atoms with Gasteiger partial charge < -0.3 is 10.6 Å². The van der Waals surface area contributed by atoms with E-state index in [1.807, 2.05) is 30.5 Å². The van der Waals surface area contributed by atoms with Crippen molar-refractivity contribution in [3.05, 3.63) is 83.7 Å². The molecule has 0 aliphatic carbocycles. The third-order valence-corrected chi connectivity index (χ3v) is 6.26. The summed E-state index contributed by atoms with van der Waals surface area (Å²) in [5.74, 6) is 0. The van der Waals surface area contributed by atoms with Crippen molar-refractivity contribution >= 4 is 39.4 Å². The van der Waals surface area contributed by atoms with E-state index in [2.05, 4.69) is 57.0 Å². The molecule has 6 heteroatoms. The van der Waals surface area contributed by atoms with Gasteiger partial charge in [0.2, 0.25) is 0 Å². The number of urea groups is 1. The highest BCUT2D eigenvalue weighted by Crippen LogP contribution is 2.38. The average Bonchev–Trinajstić information content (AvgIpc) is 3.40. The Bertz CT molecular complexity index is 1210. The SMILES string of the molecule is O=C(NCCc1ccccn1)Nc1cc2c(c(-c3cc4ccccc4s3)c1)CN=C2. The highest BCUT2D eigenvalue weighted by molar-refractivity contribution is 7.22. The molecular formula is C24H20N4OS. The molecule has 0 radical (unpaired) electrons. The fraction of sp³-hybridized carbons (Fsp3) is 0.125. The second kappa shape index (κ2) is 8.08. The van der Waals surface area contributed by atoms with E-state index in [0.717, 1.165) is 22.5 Å². The molecule has 1 aliphatic heterocycles. The van der Waals surface area contributed by atoms with E-state index < -0.39 is 0 Å². The molecule has 5 nitrogen and oxygen atoms in total. The molecule has 2 amide bonds. The van der Waals surface area contributed by atoms with Gasteiger partial charge in [0.15, 0.2) is 0 Å². The van der Waals surface area contributed by atoms with E-state index in [4.69, 9.17) is 0 Å². The Morgan fingerprint density at radius 1 is 1.07 bits per heavy atom. The van der Waals surface area contributed by atoms with Crippen LogP contribution in [0, 0.1) is 0 Å². The highest BCUT2D eigenvalue weighted by atomic mass is 32.1. The zero-order chi connectivity index (χ0) is 20.3. The van der Waals surface area contributed by atoms with Gasteiger partial charge in [0.25, 0.3) is 0 Å². The number of aliphatic imine (C=N–C) groups is 1. The molecule has 2 aromatic carbocycles. The fourth-order valence-corrected chi connectivity index (χ4v) is 4.76. The topological polar surface area (TPSA) is 66.4 Å². The summed E-state index contributed by atoms with van der Waals surface area (Å²) in [4.78, 5) is 22.3. The van der Waals surface area contributed by atoms with Crippen LogP contribution in [-0.2, 0) is 13.0 Å². The van der Waals surface area contributed by atoms with Gasteiger partial charge in [-0.2, -0.15) is 0 Å². The maximum absolute atomic E-state index is 12.4. The number of benzene rings is 2. The summed E-state index contributed by atoms with van der Waals surface area (Å²) in [6, 6.07) is 20.2. The first kappa shape index (κ1) is 18.5. The molecule has 0 saturated carbocycles. The Morgan fingerprint density at radius 2 is 1.97 bits per heavy atom. The number of aromatic nitrogens is 1. The number of anilines is 1. The van der Waals surface area contributed by atoms with Crippen molar-refractivity contribution in [3.63, 3.8) is 0 Å². The van der Waals surface area contributed by atoms with E-state index in [1.165, 1.54) is 20.5 Å². The molecule has 3 heterocycles. The lowest BCUT2D eigenvalue weighted by Gasteiger charge is -2.12. The Balaban J connectivity index is 1.35. The first-order valence-corrected chi connectivity index (χ1v) is 10.7. The summed E-state index contributed by atoms with van der Waals surface area (Å²) in [5, 5.41) is 7.11. The van der Waals surface area contributed by atoms with Crippen molar-refractivity contribution in [1.29, 1.82) is 0 Å². The molecule has 5 rings (SSSR count). The van der Waals surface area contributed by atoms with Gasteiger partial charge >= 0.3 is 6.03 Å². The zero-order valence-corrected chi connectivity index (χ0v) is 17.1. The normalized spacial score (nSPS) is 12.1. The van der Waals surface area contributed by atoms with Crippen LogP contribution < -0.4 is 10.6 Å². The van der Waals surface area contributed by atoms with Gasteiger partial charge in [0.1, 0.15) is 0 Å². The molecule has 0 unspecified atom stereocenters. The Kier molecular flexibility index (Phi) is 4.99. The lowest BCUT2D eigenvalue weighted by molar-refractivity contribution is 0.252. The molecule has 0 saturated heterocycles. The van der Waals surface area contributed by atoms with Crippen LogP contribution in [0.25, 0.3) is 20.5 Å². The van der Waals surface area contributed by atoms with Crippen LogP contribution in [0.4, 0.5) is 10.5 Å². The van der Waals surface area contributed by atoms with Crippen LogP contribution >= 0.6 is 11.3 Å². The molecule has 4 aromatic rings. The molecule has 0 atom stereocenters. The lowest BCUT2D eigenvalue weighted by atomic mass is 10.0. The summed E-state index contributed by atoms with van der Waals surface area (Å²) in [6.07, 6.45) is 4.34. The standard InChI is InChI=1S/C24H20N4OS/c29-24(27-10-8-18-6-3-4-9-26-18)28-19-11-17-14-25-15-21(17)20(13-19)23-12-16-5-1-2-7-22(16)30-23/h1-7,9,11-14H,8,10,15H2,(H2,27,28,29). The summed E-state index contributed by atoms with van der Waals surface area (Å²) in [7, 11) is 0. The van der Waals surface area contributed by atoms with Crippen LogP contribution in [-0.4, -0.2) is 23.8 Å². The van der Waals surface area contributed by atoms with Gasteiger partial charge in [-0.05, 0) is 52.9 Å². The Labute approximate surface area is 178 Å². The first-order chi connectivity index (χ1) is 14.8. The van der Waals surface area contributed by atoms with Crippen molar-refractivity contribution in [1.82, 2.24) is 10.3 Å². The zero-order valence-electron chi connectivity index (χ0n) is 16.3. The van der Waals surface area contributed by atoms with Crippen molar-refractivity contribution in [3.8, 4) is 10.4 Å². The third-order valence-electron chi connectivity index (χ3n) is 5.11. The van der Waals surface area contributed by atoms with Gasteiger partial charge in [-0.15, -0.1) is 11.3 Å². The summed E-state index contributed by atoms with van der Waals surface area (Å²) >= 11 is 1.76. The number of hydrogen-bond acceptors (Lipinski definition) is 4. The quantitative estimate of drug-likeness (QED) is 0.469. The number of thiophene rings is 1. The van der Waals surface area contributed by atoms with E-state index in [-0.39, 0.29) is 6.03 Å². The molecule has 148 valence electrons. The van der Waals surface area contributed by atoms with E-state index in [0.29, 0.717) is 19.5 Å². The van der Waals surface area contributed by atoms with Crippen LogP contribution in [0.2, 0.25) is 0 Å². The number of rotatable bonds is 5. The predicted octanol–water partition coefficient (Wildman–Crippen LogP) is 5.26. The number of carbonyl (C=O) groups excluding carboxylic acids is 1. The van der Waals surface area contributed by atoms with Gasteiger partial charge in [-0.1, -0.05) is 24.3 Å². The summed E-state index contributed by atoms with van der Waals surface area (Å²) in [5.41, 5.74) is 5.13. The van der Waals surface area contributed by atoms with Crippen molar-refractivity contribution < 1.29 is 4.79 Å². The van der Waals surface area contributed by atoms with E-state index in [1.54, 1.807) is 17.5 Å². The maximum Gasteiger partial charge on any atom is 0.319 e. The lowest BCUT2D eigenvalue weighted by Crippen LogP contribution is -2.30.